The Morgan fingerprint density at radius 1 is 1.29 bits per heavy atom. The minimum absolute atomic E-state index is 0.0347. The maximum atomic E-state index is 12.7. The van der Waals surface area contributed by atoms with Gasteiger partial charge in [0.1, 0.15) is 10.6 Å². The van der Waals surface area contributed by atoms with E-state index in [0.717, 1.165) is 4.90 Å². The Kier molecular flexibility index (Phi) is 6.51. The van der Waals surface area contributed by atoms with Crippen molar-refractivity contribution in [3.05, 3.63) is 70.4 Å². The van der Waals surface area contributed by atoms with Crippen LogP contribution in [0.15, 0.2) is 64.7 Å². The van der Waals surface area contributed by atoms with Crippen molar-refractivity contribution in [1.29, 1.82) is 0 Å². The van der Waals surface area contributed by atoms with Crippen LogP contribution in [0.3, 0.4) is 0 Å². The molecule has 0 bridgehead atoms. The van der Waals surface area contributed by atoms with Gasteiger partial charge in [-0.25, -0.2) is 4.98 Å². The lowest BCUT2D eigenvalue weighted by Crippen LogP contribution is -2.53. The second-order valence-corrected chi connectivity index (χ2v) is 7.86. The highest BCUT2D eigenvalue weighted by atomic mass is 35.5. The SMILES string of the molecule is C=CCN1C(=O)/C(=C\c2cccnc2Sc2ccc(Cl)cc2Cl)C(=O)NC1=S. The van der Waals surface area contributed by atoms with Crippen LogP contribution in [-0.4, -0.2) is 33.4 Å². The highest BCUT2D eigenvalue weighted by molar-refractivity contribution is 7.99. The molecule has 1 aromatic heterocycles. The van der Waals surface area contributed by atoms with Crippen molar-refractivity contribution in [2.75, 3.05) is 6.54 Å². The van der Waals surface area contributed by atoms with E-state index >= 15 is 0 Å². The molecule has 2 amide bonds. The molecule has 1 aromatic carbocycles. The van der Waals surface area contributed by atoms with E-state index in [2.05, 4.69) is 16.9 Å². The van der Waals surface area contributed by atoms with Crippen molar-refractivity contribution in [1.82, 2.24) is 15.2 Å². The van der Waals surface area contributed by atoms with Crippen LogP contribution in [0.1, 0.15) is 5.56 Å². The number of thiocarbonyl (C=S) groups is 1. The molecular weight excluding hydrogens is 437 g/mol. The number of hydrogen-bond donors (Lipinski definition) is 1. The average molecular weight is 450 g/mol. The molecule has 1 N–H and O–H groups in total. The molecule has 28 heavy (non-hydrogen) atoms. The van der Waals surface area contributed by atoms with Crippen LogP contribution in [0, 0.1) is 0 Å². The normalized spacial score (nSPS) is 15.7. The van der Waals surface area contributed by atoms with Crippen LogP contribution in [0.5, 0.6) is 0 Å². The van der Waals surface area contributed by atoms with E-state index in [9.17, 15) is 9.59 Å². The maximum absolute atomic E-state index is 12.7. The monoisotopic (exact) mass is 449 g/mol. The number of benzene rings is 1. The Morgan fingerprint density at radius 2 is 2.07 bits per heavy atom. The minimum Gasteiger partial charge on any atom is -0.298 e. The van der Waals surface area contributed by atoms with Gasteiger partial charge >= 0.3 is 0 Å². The van der Waals surface area contributed by atoms with Crippen LogP contribution in [0.2, 0.25) is 10.0 Å². The molecule has 0 atom stereocenters. The van der Waals surface area contributed by atoms with Gasteiger partial charge in [-0.05, 0) is 42.6 Å². The van der Waals surface area contributed by atoms with Gasteiger partial charge in [0.05, 0.1) is 5.02 Å². The molecule has 0 aliphatic carbocycles. The van der Waals surface area contributed by atoms with Gasteiger partial charge in [-0.2, -0.15) is 0 Å². The summed E-state index contributed by atoms with van der Waals surface area (Å²) in [7, 11) is 0. The molecule has 0 unspecified atom stereocenters. The molecule has 9 heteroatoms. The predicted molar refractivity (Wildman–Crippen MR) is 115 cm³/mol. The van der Waals surface area contributed by atoms with Crippen molar-refractivity contribution in [3.63, 3.8) is 0 Å². The number of halogens is 2. The van der Waals surface area contributed by atoms with E-state index in [-0.39, 0.29) is 17.2 Å². The van der Waals surface area contributed by atoms with E-state index in [1.807, 2.05) is 0 Å². The lowest BCUT2D eigenvalue weighted by molar-refractivity contribution is -0.128. The summed E-state index contributed by atoms with van der Waals surface area (Å²) in [6.07, 6.45) is 4.65. The van der Waals surface area contributed by atoms with Gasteiger partial charge in [-0.15, -0.1) is 6.58 Å². The summed E-state index contributed by atoms with van der Waals surface area (Å²) in [6.45, 7) is 3.80. The molecule has 0 radical (unpaired) electrons. The summed E-state index contributed by atoms with van der Waals surface area (Å²) >= 11 is 18.5. The second kappa shape index (κ2) is 8.87. The highest BCUT2D eigenvalue weighted by Crippen LogP contribution is 2.36. The van der Waals surface area contributed by atoms with E-state index in [1.165, 1.54) is 28.8 Å². The fourth-order valence-corrected chi connectivity index (χ4v) is 4.04. The van der Waals surface area contributed by atoms with Gasteiger partial charge < -0.3 is 0 Å². The number of carbonyl (C=O) groups is 2. The fourth-order valence-electron chi connectivity index (χ4n) is 2.40. The molecule has 0 spiro atoms. The van der Waals surface area contributed by atoms with Crippen LogP contribution in [0.25, 0.3) is 6.08 Å². The summed E-state index contributed by atoms with van der Waals surface area (Å²) in [4.78, 5) is 31.4. The lowest BCUT2D eigenvalue weighted by atomic mass is 10.1. The van der Waals surface area contributed by atoms with Gasteiger partial charge in [0.2, 0.25) is 0 Å². The number of carbonyl (C=O) groups excluding carboxylic acids is 2. The zero-order valence-electron chi connectivity index (χ0n) is 14.3. The summed E-state index contributed by atoms with van der Waals surface area (Å²) in [5.74, 6) is -1.04. The molecule has 1 aliphatic rings. The Hall–Kier alpha value is -2.19. The third-order valence-corrected chi connectivity index (χ3v) is 5.79. The molecule has 3 rings (SSSR count). The standard InChI is InChI=1S/C19H13Cl2N3O2S2/c1-2-8-24-18(26)13(16(25)23-19(24)27)9-11-4-3-7-22-17(11)28-15-6-5-12(20)10-14(15)21/h2-7,9-10H,1,8H2,(H,23,25,27)/b13-9-. The number of nitrogens with zero attached hydrogens (tertiary/aromatic N) is 2. The quantitative estimate of drug-likeness (QED) is 0.318. The summed E-state index contributed by atoms with van der Waals surface area (Å²) in [6, 6.07) is 8.63. The number of aromatic nitrogens is 1. The molecule has 1 fully saturated rings. The first-order valence-corrected chi connectivity index (χ1v) is 9.96. The predicted octanol–water partition coefficient (Wildman–Crippen LogP) is 4.35. The molecule has 142 valence electrons. The first-order chi connectivity index (χ1) is 13.4. The Labute approximate surface area is 181 Å². The van der Waals surface area contributed by atoms with Crippen molar-refractivity contribution in [3.8, 4) is 0 Å². The maximum Gasteiger partial charge on any atom is 0.265 e. The van der Waals surface area contributed by atoms with Crippen LogP contribution < -0.4 is 5.32 Å². The van der Waals surface area contributed by atoms with Crippen molar-refractivity contribution >= 4 is 70.2 Å². The number of nitrogens with one attached hydrogen (secondary N) is 1. The second-order valence-electron chi connectivity index (χ2n) is 5.60. The van der Waals surface area contributed by atoms with E-state index < -0.39 is 11.8 Å². The van der Waals surface area contributed by atoms with E-state index in [0.29, 0.717) is 20.6 Å². The zero-order chi connectivity index (χ0) is 20.3. The lowest BCUT2D eigenvalue weighted by Gasteiger charge is -2.27. The Bertz CT molecular complexity index is 1020. The molecule has 0 saturated carbocycles. The third kappa shape index (κ3) is 4.44. The molecular formula is C19H13Cl2N3O2S2. The molecule has 2 aromatic rings. The zero-order valence-corrected chi connectivity index (χ0v) is 17.5. The molecule has 2 heterocycles. The summed E-state index contributed by atoms with van der Waals surface area (Å²) in [5, 5.41) is 4.17. The van der Waals surface area contributed by atoms with Crippen LogP contribution in [-0.2, 0) is 9.59 Å². The third-order valence-electron chi connectivity index (χ3n) is 3.70. The number of pyridine rings is 1. The Balaban J connectivity index is 1.98. The fraction of sp³-hybridized carbons (Fsp3) is 0.0526. The molecule has 1 saturated heterocycles. The van der Waals surface area contributed by atoms with Gasteiger partial charge in [-0.3, -0.25) is 19.8 Å². The average Bonchev–Trinajstić information content (AvgIpc) is 2.65. The smallest absolute Gasteiger partial charge is 0.265 e. The Morgan fingerprint density at radius 3 is 2.79 bits per heavy atom. The largest absolute Gasteiger partial charge is 0.298 e. The number of hydrogen-bond acceptors (Lipinski definition) is 5. The molecule has 5 nitrogen and oxygen atoms in total. The van der Waals surface area contributed by atoms with Gasteiger partial charge in [0.25, 0.3) is 11.8 Å². The van der Waals surface area contributed by atoms with Crippen molar-refractivity contribution < 1.29 is 9.59 Å². The first-order valence-electron chi connectivity index (χ1n) is 7.98. The van der Waals surface area contributed by atoms with E-state index in [1.54, 1.807) is 36.5 Å². The number of amides is 2. The first kappa shape index (κ1) is 20.5. The highest BCUT2D eigenvalue weighted by Gasteiger charge is 2.32. The topological polar surface area (TPSA) is 62.3 Å². The van der Waals surface area contributed by atoms with Crippen LogP contribution in [0.4, 0.5) is 0 Å². The van der Waals surface area contributed by atoms with Gasteiger partial charge in [-0.1, -0.05) is 47.1 Å². The van der Waals surface area contributed by atoms with Crippen LogP contribution >= 0.6 is 47.2 Å². The van der Waals surface area contributed by atoms with Gasteiger partial charge in [0, 0.05) is 28.2 Å². The van der Waals surface area contributed by atoms with Crippen molar-refractivity contribution in [2.45, 2.75) is 9.92 Å². The summed E-state index contributed by atoms with van der Waals surface area (Å²) < 4.78 is 0. The van der Waals surface area contributed by atoms with Gasteiger partial charge in [0.15, 0.2) is 5.11 Å². The minimum atomic E-state index is -0.556. The molecule has 1 aliphatic heterocycles. The number of rotatable bonds is 5. The summed E-state index contributed by atoms with van der Waals surface area (Å²) in [5.41, 5.74) is 0.566. The van der Waals surface area contributed by atoms with E-state index in [4.69, 9.17) is 35.4 Å². The van der Waals surface area contributed by atoms with Crippen molar-refractivity contribution in [2.24, 2.45) is 0 Å².